The third-order valence-electron chi connectivity index (χ3n) is 6.73. The Bertz CT molecular complexity index is 1880. The lowest BCUT2D eigenvalue weighted by Crippen LogP contribution is -2.00. The van der Waals surface area contributed by atoms with Gasteiger partial charge in [0.2, 0.25) is 0 Å². The van der Waals surface area contributed by atoms with Gasteiger partial charge in [-0.2, -0.15) is 0 Å². The van der Waals surface area contributed by atoms with Gasteiger partial charge in [-0.15, -0.1) is 0 Å². The zero-order chi connectivity index (χ0) is 26.0. The van der Waals surface area contributed by atoms with E-state index in [9.17, 15) is 0 Å². The molecular weight excluding hydrogens is 480 g/mol. The van der Waals surface area contributed by atoms with E-state index in [-0.39, 0.29) is 0 Å². The molecule has 0 aliphatic carbocycles. The Kier molecular flexibility index (Phi) is 5.72. The van der Waals surface area contributed by atoms with Gasteiger partial charge in [-0.3, -0.25) is 0 Å². The Balaban J connectivity index is 1.29. The third-order valence-corrected chi connectivity index (χ3v) is 6.73. The minimum absolute atomic E-state index is 0.622. The third kappa shape index (κ3) is 4.47. The zero-order valence-corrected chi connectivity index (χ0v) is 20.9. The van der Waals surface area contributed by atoms with Crippen LogP contribution in [0.15, 0.2) is 138 Å². The molecule has 39 heavy (non-hydrogen) atoms. The van der Waals surface area contributed by atoms with Gasteiger partial charge < -0.3 is 4.42 Å². The molecule has 2 aromatic heterocycles. The Morgan fingerprint density at radius 2 is 0.846 bits per heavy atom. The molecule has 7 rings (SSSR count). The first-order chi connectivity index (χ1) is 19.3. The van der Waals surface area contributed by atoms with Gasteiger partial charge in [-0.1, -0.05) is 121 Å². The summed E-state index contributed by atoms with van der Waals surface area (Å²) in [5.41, 5.74) is 8.79. The van der Waals surface area contributed by atoms with Crippen molar-refractivity contribution >= 4 is 11.1 Å². The molecule has 184 valence electrons. The lowest BCUT2D eigenvalue weighted by molar-refractivity contribution is 0.602. The highest BCUT2D eigenvalue weighted by molar-refractivity contribution is 5.90. The summed E-state index contributed by atoms with van der Waals surface area (Å²) in [7, 11) is 0. The van der Waals surface area contributed by atoms with Gasteiger partial charge in [0.05, 0.1) is 0 Å². The number of benzene rings is 5. The maximum absolute atomic E-state index is 5.48. The van der Waals surface area contributed by atoms with Crippen molar-refractivity contribution in [3.05, 3.63) is 134 Å². The quantitative estimate of drug-likeness (QED) is 0.237. The van der Waals surface area contributed by atoms with E-state index in [1.165, 1.54) is 12.0 Å². The number of fused-ring (bicyclic) bond motifs is 1. The molecule has 0 fully saturated rings. The molecule has 5 aromatic carbocycles. The van der Waals surface area contributed by atoms with E-state index in [1.54, 1.807) is 0 Å². The highest BCUT2D eigenvalue weighted by atomic mass is 16.3. The SMILES string of the molecule is c1ccc(-c2ccc(-c3nc(-c4ccccc4)nc(-c4ccc(-c5cccc6ocnc56)cc4)n3)cc2)cc1. The fourth-order valence-corrected chi connectivity index (χ4v) is 4.71. The van der Waals surface area contributed by atoms with E-state index in [1.807, 2.05) is 78.9 Å². The van der Waals surface area contributed by atoms with E-state index in [2.05, 4.69) is 53.5 Å². The van der Waals surface area contributed by atoms with E-state index >= 15 is 0 Å². The molecule has 0 aliphatic rings. The predicted octanol–water partition coefficient (Wildman–Crippen LogP) is 8.35. The lowest BCUT2D eigenvalue weighted by Gasteiger charge is -2.10. The number of nitrogens with zero attached hydrogens (tertiary/aromatic N) is 4. The molecule has 5 nitrogen and oxygen atoms in total. The second-order valence-corrected chi connectivity index (χ2v) is 9.20. The van der Waals surface area contributed by atoms with Crippen LogP contribution < -0.4 is 0 Å². The Morgan fingerprint density at radius 3 is 1.44 bits per heavy atom. The molecule has 0 atom stereocenters. The molecule has 0 spiro atoms. The van der Waals surface area contributed by atoms with Crippen molar-refractivity contribution in [1.82, 2.24) is 19.9 Å². The Hall–Kier alpha value is -5.42. The lowest BCUT2D eigenvalue weighted by atomic mass is 10.0. The summed E-state index contributed by atoms with van der Waals surface area (Å²) in [5, 5.41) is 0. The molecule has 0 amide bonds. The van der Waals surface area contributed by atoms with Gasteiger partial charge in [0, 0.05) is 22.3 Å². The van der Waals surface area contributed by atoms with E-state index in [0.29, 0.717) is 17.5 Å². The minimum Gasteiger partial charge on any atom is -0.443 e. The number of hydrogen-bond donors (Lipinski definition) is 0. The molecule has 7 aromatic rings. The number of aromatic nitrogens is 4. The second kappa shape index (κ2) is 9.80. The average molecular weight is 503 g/mol. The first-order valence-corrected chi connectivity index (χ1v) is 12.7. The van der Waals surface area contributed by atoms with Crippen molar-refractivity contribution in [2.45, 2.75) is 0 Å². The topological polar surface area (TPSA) is 64.7 Å². The van der Waals surface area contributed by atoms with Crippen LogP contribution in [-0.2, 0) is 0 Å². The van der Waals surface area contributed by atoms with Crippen molar-refractivity contribution in [3.63, 3.8) is 0 Å². The molecule has 0 saturated carbocycles. The number of rotatable bonds is 5. The van der Waals surface area contributed by atoms with Crippen molar-refractivity contribution < 1.29 is 4.42 Å². The fraction of sp³-hybridized carbons (Fsp3) is 0. The van der Waals surface area contributed by atoms with E-state index < -0.39 is 0 Å². The molecule has 0 saturated heterocycles. The van der Waals surface area contributed by atoms with Crippen LogP contribution >= 0.6 is 0 Å². The molecule has 2 heterocycles. The van der Waals surface area contributed by atoms with Crippen molar-refractivity contribution in [2.24, 2.45) is 0 Å². The average Bonchev–Trinajstić information content (AvgIpc) is 3.51. The number of para-hydroxylation sites is 1. The van der Waals surface area contributed by atoms with Crippen molar-refractivity contribution in [3.8, 4) is 56.4 Å². The van der Waals surface area contributed by atoms with Gasteiger partial charge >= 0.3 is 0 Å². The van der Waals surface area contributed by atoms with Crippen LogP contribution in [0, 0.1) is 0 Å². The van der Waals surface area contributed by atoms with Crippen LogP contribution in [-0.4, -0.2) is 19.9 Å². The van der Waals surface area contributed by atoms with Crippen LogP contribution in [0.2, 0.25) is 0 Å². The largest absolute Gasteiger partial charge is 0.443 e. The summed E-state index contributed by atoms with van der Waals surface area (Å²) < 4.78 is 5.48. The van der Waals surface area contributed by atoms with Crippen LogP contribution in [0.25, 0.3) is 67.5 Å². The first-order valence-electron chi connectivity index (χ1n) is 12.7. The summed E-state index contributed by atoms with van der Waals surface area (Å²) in [5.74, 6) is 1.89. The van der Waals surface area contributed by atoms with Gasteiger partial charge in [0.15, 0.2) is 29.4 Å². The molecular formula is C34H22N4O. The van der Waals surface area contributed by atoms with Gasteiger partial charge in [-0.25, -0.2) is 19.9 Å². The standard InChI is InChI=1S/C34H22N4O/c1-3-8-23(9-4-1)24-14-18-27(19-15-24)33-36-32(26-10-5-2-6-11-26)37-34(38-33)28-20-16-25(17-21-28)29-12-7-13-30-31(29)35-22-39-30/h1-22H. The maximum Gasteiger partial charge on any atom is 0.182 e. The van der Waals surface area contributed by atoms with E-state index in [0.717, 1.165) is 44.5 Å². The second-order valence-electron chi connectivity index (χ2n) is 9.20. The summed E-state index contributed by atoms with van der Waals surface area (Å²) >= 11 is 0. The number of oxazole rings is 1. The maximum atomic E-state index is 5.48. The summed E-state index contributed by atoms with van der Waals surface area (Å²) in [6, 6.07) is 42.9. The van der Waals surface area contributed by atoms with Crippen LogP contribution in [0.3, 0.4) is 0 Å². The molecule has 0 bridgehead atoms. The highest BCUT2D eigenvalue weighted by Gasteiger charge is 2.13. The van der Waals surface area contributed by atoms with E-state index in [4.69, 9.17) is 19.4 Å². The van der Waals surface area contributed by atoms with Gasteiger partial charge in [-0.05, 0) is 22.8 Å². The smallest absolute Gasteiger partial charge is 0.182 e. The molecule has 5 heteroatoms. The molecule has 0 N–H and O–H groups in total. The van der Waals surface area contributed by atoms with Crippen LogP contribution in [0.4, 0.5) is 0 Å². The highest BCUT2D eigenvalue weighted by Crippen LogP contribution is 2.31. The molecule has 0 radical (unpaired) electrons. The first kappa shape index (κ1) is 22.8. The Labute approximate surface area is 225 Å². The predicted molar refractivity (Wildman–Crippen MR) is 155 cm³/mol. The molecule has 0 aliphatic heterocycles. The normalized spacial score (nSPS) is 11.1. The summed E-state index contributed by atoms with van der Waals surface area (Å²) in [6.45, 7) is 0. The van der Waals surface area contributed by atoms with Crippen LogP contribution in [0.1, 0.15) is 0 Å². The fourth-order valence-electron chi connectivity index (χ4n) is 4.71. The molecule has 0 unspecified atom stereocenters. The van der Waals surface area contributed by atoms with Crippen LogP contribution in [0.5, 0.6) is 0 Å². The van der Waals surface area contributed by atoms with Crippen molar-refractivity contribution in [2.75, 3.05) is 0 Å². The van der Waals surface area contributed by atoms with Crippen molar-refractivity contribution in [1.29, 1.82) is 0 Å². The van der Waals surface area contributed by atoms with Gasteiger partial charge in [0.1, 0.15) is 5.52 Å². The summed E-state index contributed by atoms with van der Waals surface area (Å²) in [6.07, 6.45) is 1.48. The zero-order valence-electron chi connectivity index (χ0n) is 20.9. The minimum atomic E-state index is 0.622. The number of hydrogen-bond acceptors (Lipinski definition) is 5. The monoisotopic (exact) mass is 502 g/mol. The Morgan fingerprint density at radius 1 is 0.385 bits per heavy atom. The summed E-state index contributed by atoms with van der Waals surface area (Å²) in [4.78, 5) is 19.0. The van der Waals surface area contributed by atoms with Gasteiger partial charge in [0.25, 0.3) is 0 Å².